The summed E-state index contributed by atoms with van der Waals surface area (Å²) in [5.41, 5.74) is 2.60. The molecule has 0 saturated carbocycles. The Morgan fingerprint density at radius 3 is 2.32 bits per heavy atom. The second-order valence-corrected chi connectivity index (χ2v) is 4.93. The lowest BCUT2D eigenvalue weighted by Gasteiger charge is -2.00. The van der Waals surface area contributed by atoms with Crippen LogP contribution in [0.25, 0.3) is 28.0 Å². The molecule has 4 aromatic rings. The van der Waals surface area contributed by atoms with Crippen molar-refractivity contribution in [2.45, 2.75) is 0 Å². The van der Waals surface area contributed by atoms with Crippen molar-refractivity contribution < 1.29 is 0 Å². The van der Waals surface area contributed by atoms with E-state index < -0.39 is 5.69 Å². The molecule has 0 amide bonds. The highest BCUT2D eigenvalue weighted by Crippen LogP contribution is 2.24. The van der Waals surface area contributed by atoms with Crippen molar-refractivity contribution in [1.82, 2.24) is 19.7 Å². The zero-order valence-corrected chi connectivity index (χ0v) is 11.6. The van der Waals surface area contributed by atoms with Gasteiger partial charge in [0.1, 0.15) is 0 Å². The van der Waals surface area contributed by atoms with E-state index in [0.29, 0.717) is 11.3 Å². The predicted octanol–water partition coefficient (Wildman–Crippen LogP) is 2.78. The van der Waals surface area contributed by atoms with Crippen LogP contribution in [-0.4, -0.2) is 19.7 Å². The highest BCUT2D eigenvalue weighted by Gasteiger charge is 2.11. The number of hydrogen-bond donors (Lipinski definition) is 1. The van der Waals surface area contributed by atoms with Crippen LogP contribution in [0.3, 0.4) is 0 Å². The van der Waals surface area contributed by atoms with Crippen LogP contribution in [0.1, 0.15) is 0 Å². The fraction of sp³-hybridized carbons (Fsp3) is 0. The lowest BCUT2D eigenvalue weighted by Crippen LogP contribution is -2.11. The number of benzene rings is 2. The molecule has 2 aromatic carbocycles. The number of H-pyrrole nitrogens is 1. The molecule has 5 heteroatoms. The Kier molecular flexibility index (Phi) is 2.83. The minimum atomic E-state index is -0.398. The average molecular weight is 288 g/mol. The molecular formula is C17H12N4O. The summed E-state index contributed by atoms with van der Waals surface area (Å²) in [5.74, 6) is 0. The smallest absolute Gasteiger partial charge is 0.288 e. The molecule has 1 N–H and O–H groups in total. The van der Waals surface area contributed by atoms with Gasteiger partial charge in [-0.3, -0.25) is 4.98 Å². The molecule has 0 aliphatic rings. The molecule has 0 aliphatic heterocycles. The molecule has 0 fully saturated rings. The zero-order valence-electron chi connectivity index (χ0n) is 11.6. The van der Waals surface area contributed by atoms with Crippen molar-refractivity contribution in [3.63, 3.8) is 0 Å². The summed E-state index contributed by atoms with van der Waals surface area (Å²) in [5, 5.41) is 5.27. The highest BCUT2D eigenvalue weighted by atomic mass is 16.1. The number of fused-ring (bicyclic) bond motifs is 1. The minimum Gasteiger partial charge on any atom is -0.288 e. The molecule has 0 atom stereocenters. The van der Waals surface area contributed by atoms with Crippen LogP contribution in [0, 0.1) is 0 Å². The van der Waals surface area contributed by atoms with Gasteiger partial charge in [0, 0.05) is 11.8 Å². The van der Waals surface area contributed by atoms with Crippen molar-refractivity contribution in [1.29, 1.82) is 0 Å². The predicted molar refractivity (Wildman–Crippen MR) is 84.9 cm³/mol. The Morgan fingerprint density at radius 2 is 1.59 bits per heavy atom. The van der Waals surface area contributed by atoms with Crippen molar-refractivity contribution >= 4 is 11.0 Å². The number of nitrogens with one attached hydrogen (secondary N) is 1. The van der Waals surface area contributed by atoms with Gasteiger partial charge >= 0.3 is 5.69 Å². The maximum atomic E-state index is 11.8. The van der Waals surface area contributed by atoms with Gasteiger partial charge in [0.05, 0.1) is 16.8 Å². The molecular weight excluding hydrogens is 276 g/mol. The number of hydrogen-bond acceptors (Lipinski definition) is 3. The van der Waals surface area contributed by atoms with Gasteiger partial charge in [0.2, 0.25) is 0 Å². The van der Waals surface area contributed by atoms with E-state index in [0.717, 1.165) is 16.6 Å². The Hall–Kier alpha value is -3.21. The maximum absolute atomic E-state index is 11.8. The van der Waals surface area contributed by atoms with Crippen LogP contribution in [0.5, 0.6) is 0 Å². The summed E-state index contributed by atoms with van der Waals surface area (Å²) in [6.45, 7) is 0. The van der Waals surface area contributed by atoms with E-state index in [1.807, 2.05) is 66.9 Å². The monoisotopic (exact) mass is 288 g/mol. The summed E-state index contributed by atoms with van der Waals surface area (Å²) in [4.78, 5) is 18.6. The van der Waals surface area contributed by atoms with E-state index in [1.54, 1.807) is 4.68 Å². The fourth-order valence-corrected chi connectivity index (χ4v) is 2.46. The summed E-state index contributed by atoms with van der Waals surface area (Å²) >= 11 is 0. The van der Waals surface area contributed by atoms with E-state index >= 15 is 0 Å². The van der Waals surface area contributed by atoms with Gasteiger partial charge in [-0.1, -0.05) is 48.5 Å². The van der Waals surface area contributed by atoms with Gasteiger partial charge in [0.25, 0.3) is 0 Å². The third-order valence-corrected chi connectivity index (χ3v) is 3.48. The molecule has 0 spiro atoms. The summed E-state index contributed by atoms with van der Waals surface area (Å²) in [6.07, 6.45) is 1.88. The summed E-state index contributed by atoms with van der Waals surface area (Å²) < 4.78 is 1.74. The zero-order chi connectivity index (χ0) is 14.9. The van der Waals surface area contributed by atoms with Gasteiger partial charge < -0.3 is 0 Å². The minimum absolute atomic E-state index is 0.398. The Balaban J connectivity index is 1.99. The van der Waals surface area contributed by atoms with E-state index in [2.05, 4.69) is 15.1 Å². The van der Waals surface area contributed by atoms with Crippen LogP contribution in [0.4, 0.5) is 0 Å². The van der Waals surface area contributed by atoms with Crippen LogP contribution < -0.4 is 5.69 Å². The second kappa shape index (κ2) is 4.96. The summed E-state index contributed by atoms with van der Waals surface area (Å²) in [7, 11) is 0. The highest BCUT2D eigenvalue weighted by molar-refractivity contribution is 5.89. The molecule has 4 rings (SSSR count). The van der Waals surface area contributed by atoms with Crippen LogP contribution in [0.15, 0.2) is 71.7 Å². The molecule has 0 unspecified atom stereocenters. The van der Waals surface area contributed by atoms with E-state index in [4.69, 9.17) is 0 Å². The maximum Gasteiger partial charge on any atom is 0.347 e. The molecule has 2 aromatic heterocycles. The molecule has 22 heavy (non-hydrogen) atoms. The van der Waals surface area contributed by atoms with Crippen molar-refractivity contribution in [3.05, 3.63) is 77.3 Å². The molecule has 0 radical (unpaired) electrons. The largest absolute Gasteiger partial charge is 0.347 e. The SMILES string of the molecule is O=c1nc(-c2ccccc2)c2cn(-c3ccccc3)nc2[nH]1. The Bertz CT molecular complexity index is 988. The first-order valence-electron chi connectivity index (χ1n) is 6.92. The van der Waals surface area contributed by atoms with Crippen molar-refractivity contribution in [2.24, 2.45) is 0 Å². The van der Waals surface area contributed by atoms with Crippen LogP contribution >= 0.6 is 0 Å². The quantitative estimate of drug-likeness (QED) is 0.617. The van der Waals surface area contributed by atoms with E-state index in [1.165, 1.54) is 0 Å². The van der Waals surface area contributed by atoms with Crippen LogP contribution in [-0.2, 0) is 0 Å². The summed E-state index contributed by atoms with van der Waals surface area (Å²) in [6, 6.07) is 19.4. The third-order valence-electron chi connectivity index (χ3n) is 3.48. The van der Waals surface area contributed by atoms with Gasteiger partial charge in [-0.25, -0.2) is 9.48 Å². The van der Waals surface area contributed by atoms with E-state index in [-0.39, 0.29) is 0 Å². The molecule has 106 valence electrons. The molecule has 0 saturated heterocycles. The van der Waals surface area contributed by atoms with Crippen LogP contribution in [0.2, 0.25) is 0 Å². The normalized spacial score (nSPS) is 10.9. The number of aromatic amines is 1. The third kappa shape index (κ3) is 2.09. The molecule has 0 bridgehead atoms. The Morgan fingerprint density at radius 1 is 0.909 bits per heavy atom. The first-order chi connectivity index (χ1) is 10.8. The van der Waals surface area contributed by atoms with Gasteiger partial charge in [0.15, 0.2) is 5.65 Å². The lowest BCUT2D eigenvalue weighted by molar-refractivity contribution is 0.887. The molecule has 2 heterocycles. The second-order valence-electron chi connectivity index (χ2n) is 4.93. The molecule has 5 nitrogen and oxygen atoms in total. The number of aromatic nitrogens is 4. The number of para-hydroxylation sites is 1. The van der Waals surface area contributed by atoms with Gasteiger partial charge in [-0.2, -0.15) is 4.98 Å². The van der Waals surface area contributed by atoms with E-state index in [9.17, 15) is 4.79 Å². The first-order valence-corrected chi connectivity index (χ1v) is 6.92. The van der Waals surface area contributed by atoms with Gasteiger partial charge in [-0.05, 0) is 12.1 Å². The first kappa shape index (κ1) is 12.5. The Labute approximate surface area is 125 Å². The average Bonchev–Trinajstić information content (AvgIpc) is 2.99. The number of rotatable bonds is 2. The van der Waals surface area contributed by atoms with Crippen molar-refractivity contribution in [2.75, 3.05) is 0 Å². The molecule has 0 aliphatic carbocycles. The van der Waals surface area contributed by atoms with Crippen molar-refractivity contribution in [3.8, 4) is 16.9 Å². The lowest BCUT2D eigenvalue weighted by atomic mass is 10.1. The van der Waals surface area contributed by atoms with Gasteiger partial charge in [-0.15, -0.1) is 5.10 Å². The topological polar surface area (TPSA) is 63.6 Å². The number of nitrogens with zero attached hydrogens (tertiary/aromatic N) is 3. The standard InChI is InChI=1S/C17H12N4O/c22-17-18-15(12-7-3-1-4-8-12)14-11-21(20-16(14)19-17)13-9-5-2-6-10-13/h1-11H,(H,19,20,22). The fourth-order valence-electron chi connectivity index (χ4n) is 2.46.